The van der Waals surface area contributed by atoms with Crippen molar-refractivity contribution in [2.45, 2.75) is 214 Å². The molecule has 0 amide bonds. The molecule has 0 spiro atoms. The van der Waals surface area contributed by atoms with E-state index in [4.69, 9.17) is 0 Å². The van der Waals surface area contributed by atoms with E-state index in [0.29, 0.717) is 0 Å². The van der Waals surface area contributed by atoms with Gasteiger partial charge in [0.1, 0.15) is 0 Å². The third kappa shape index (κ3) is 26.2. The molecule has 0 heterocycles. The highest BCUT2D eigenvalue weighted by Gasteiger charge is 2.25. The fraction of sp³-hybridized carbons (Fsp3) is 1.00. The maximum atomic E-state index is 2.37. The molecular weight excluding hydrogens is 458 g/mol. The van der Waals surface area contributed by atoms with E-state index in [9.17, 15) is 0 Å². The Labute approximate surface area is 244 Å². The summed E-state index contributed by atoms with van der Waals surface area (Å²) in [7, 11) is 0. The molecule has 230 valence electrons. The average Bonchev–Trinajstić information content (AvgIpc) is 2.94. The topological polar surface area (TPSA) is 0 Å². The molecule has 0 aliphatic carbocycles. The fourth-order valence-corrected chi connectivity index (χ4v) is 6.38. The van der Waals surface area contributed by atoms with Crippen LogP contribution < -0.4 is 0 Å². The Morgan fingerprint density at radius 2 is 0.395 bits per heavy atom. The lowest BCUT2D eigenvalue weighted by atomic mass is 10.0. The predicted molar refractivity (Wildman–Crippen MR) is 176 cm³/mol. The quantitative estimate of drug-likeness (QED) is 0.0577. The maximum absolute atomic E-state index is 2.37. The lowest BCUT2D eigenvalue weighted by molar-refractivity contribution is -0.929. The summed E-state index contributed by atoms with van der Waals surface area (Å²) in [6.45, 7) is 15.2. The number of rotatable bonds is 33. The van der Waals surface area contributed by atoms with E-state index >= 15 is 0 Å². The zero-order valence-corrected chi connectivity index (χ0v) is 27.8. The van der Waals surface area contributed by atoms with Crippen molar-refractivity contribution in [3.63, 3.8) is 0 Å². The van der Waals surface area contributed by atoms with Gasteiger partial charge < -0.3 is 4.48 Å². The van der Waals surface area contributed by atoms with Gasteiger partial charge in [-0.1, -0.05) is 182 Å². The van der Waals surface area contributed by atoms with Crippen LogP contribution in [0.1, 0.15) is 214 Å². The van der Waals surface area contributed by atoms with Crippen molar-refractivity contribution in [3.05, 3.63) is 0 Å². The monoisotopic (exact) mass is 537 g/mol. The van der Waals surface area contributed by atoms with Gasteiger partial charge in [-0.05, 0) is 32.1 Å². The first-order chi connectivity index (χ1) is 18.7. The standard InChI is InChI=1S/C37H78N/c1-5-9-13-14-15-16-17-18-19-20-21-22-23-24-25-26-27-28-29-30-31-32-33-37-38(34-10-6-2,35-11-7-3)36-12-8-4/h5-37H2,1-4H3/q+1. The number of hydrogen-bond donors (Lipinski definition) is 0. The molecular formula is C37H78N+. The summed E-state index contributed by atoms with van der Waals surface area (Å²) in [5.41, 5.74) is 0. The van der Waals surface area contributed by atoms with E-state index in [1.54, 1.807) is 0 Å². The minimum Gasteiger partial charge on any atom is -0.324 e. The van der Waals surface area contributed by atoms with Crippen molar-refractivity contribution in [2.24, 2.45) is 0 Å². The second-order valence-corrected chi connectivity index (χ2v) is 13.1. The van der Waals surface area contributed by atoms with Gasteiger partial charge in [0.2, 0.25) is 0 Å². The van der Waals surface area contributed by atoms with Crippen LogP contribution in [-0.4, -0.2) is 30.7 Å². The molecule has 0 bridgehead atoms. The Bertz CT molecular complexity index is 395. The highest BCUT2D eigenvalue weighted by molar-refractivity contribution is 4.53. The predicted octanol–water partition coefficient (Wildman–Crippen LogP) is 13.2. The summed E-state index contributed by atoms with van der Waals surface area (Å²) in [6.07, 6.45) is 42.4. The Hall–Kier alpha value is -0.0400. The molecule has 0 saturated heterocycles. The molecule has 0 fully saturated rings. The van der Waals surface area contributed by atoms with Crippen molar-refractivity contribution in [1.82, 2.24) is 0 Å². The van der Waals surface area contributed by atoms with Crippen LogP contribution >= 0.6 is 0 Å². The van der Waals surface area contributed by atoms with Crippen molar-refractivity contribution >= 4 is 0 Å². The minimum absolute atomic E-state index is 1.36. The first kappa shape index (κ1) is 38.0. The van der Waals surface area contributed by atoms with Gasteiger partial charge >= 0.3 is 0 Å². The Balaban J connectivity index is 3.50. The third-order valence-electron chi connectivity index (χ3n) is 9.19. The minimum atomic E-state index is 1.36. The number of unbranched alkanes of at least 4 members (excludes halogenated alkanes) is 25. The van der Waals surface area contributed by atoms with Crippen LogP contribution in [0.3, 0.4) is 0 Å². The molecule has 0 aromatic carbocycles. The zero-order chi connectivity index (χ0) is 27.8. The van der Waals surface area contributed by atoms with Crippen LogP contribution in [0.25, 0.3) is 0 Å². The van der Waals surface area contributed by atoms with Gasteiger partial charge in [-0.3, -0.25) is 0 Å². The van der Waals surface area contributed by atoms with E-state index in [2.05, 4.69) is 27.7 Å². The zero-order valence-electron chi connectivity index (χ0n) is 27.8. The lowest BCUT2D eigenvalue weighted by Gasteiger charge is -2.39. The highest BCUT2D eigenvalue weighted by Crippen LogP contribution is 2.19. The molecule has 0 rings (SSSR count). The molecule has 0 aromatic heterocycles. The van der Waals surface area contributed by atoms with Gasteiger partial charge in [0.05, 0.1) is 26.2 Å². The Morgan fingerprint density at radius 3 is 0.632 bits per heavy atom. The van der Waals surface area contributed by atoms with Crippen molar-refractivity contribution in [3.8, 4) is 0 Å². The van der Waals surface area contributed by atoms with Crippen molar-refractivity contribution in [2.75, 3.05) is 26.2 Å². The van der Waals surface area contributed by atoms with E-state index in [1.165, 1.54) is 217 Å². The molecule has 38 heavy (non-hydrogen) atoms. The smallest absolute Gasteiger partial charge is 0.0786 e. The van der Waals surface area contributed by atoms with Crippen LogP contribution in [0.15, 0.2) is 0 Å². The van der Waals surface area contributed by atoms with E-state index in [1.807, 2.05) is 0 Å². The first-order valence-corrected chi connectivity index (χ1v) is 18.6. The summed E-state index contributed by atoms with van der Waals surface area (Å²) in [6, 6.07) is 0. The molecule has 1 heteroatoms. The van der Waals surface area contributed by atoms with Gasteiger partial charge in [-0.2, -0.15) is 0 Å². The Kier molecular flexibility index (Phi) is 31.5. The number of quaternary nitrogens is 1. The molecule has 0 aliphatic heterocycles. The summed E-state index contributed by atoms with van der Waals surface area (Å²) >= 11 is 0. The normalized spacial score (nSPS) is 12.0. The fourth-order valence-electron chi connectivity index (χ4n) is 6.38. The van der Waals surface area contributed by atoms with Crippen molar-refractivity contribution in [1.29, 1.82) is 0 Å². The summed E-state index contributed by atoms with van der Waals surface area (Å²) in [4.78, 5) is 0. The van der Waals surface area contributed by atoms with Crippen molar-refractivity contribution < 1.29 is 4.48 Å². The van der Waals surface area contributed by atoms with Crippen LogP contribution in [0.2, 0.25) is 0 Å². The van der Waals surface area contributed by atoms with Crippen LogP contribution in [0.4, 0.5) is 0 Å². The number of hydrogen-bond acceptors (Lipinski definition) is 0. The molecule has 0 aromatic rings. The van der Waals surface area contributed by atoms with Gasteiger partial charge in [-0.15, -0.1) is 0 Å². The molecule has 0 unspecified atom stereocenters. The first-order valence-electron chi connectivity index (χ1n) is 18.6. The second-order valence-electron chi connectivity index (χ2n) is 13.1. The SMILES string of the molecule is CCCCCCCCCCCCCCCCCCCCCCCCC[N+](CCCC)(CCCC)CCCC. The molecule has 0 N–H and O–H groups in total. The molecule has 0 radical (unpaired) electrons. The largest absolute Gasteiger partial charge is 0.324 e. The molecule has 0 aliphatic rings. The van der Waals surface area contributed by atoms with Crippen LogP contribution in [0.5, 0.6) is 0 Å². The number of nitrogens with zero attached hydrogens (tertiary/aromatic N) is 1. The summed E-state index contributed by atoms with van der Waals surface area (Å²) in [5.74, 6) is 0. The van der Waals surface area contributed by atoms with Gasteiger partial charge in [0.15, 0.2) is 0 Å². The van der Waals surface area contributed by atoms with Crippen LogP contribution in [-0.2, 0) is 0 Å². The lowest BCUT2D eigenvalue weighted by Crippen LogP contribution is -2.50. The molecule has 0 atom stereocenters. The Morgan fingerprint density at radius 1 is 0.211 bits per heavy atom. The molecule has 1 nitrogen and oxygen atoms in total. The van der Waals surface area contributed by atoms with E-state index < -0.39 is 0 Å². The van der Waals surface area contributed by atoms with E-state index in [-0.39, 0.29) is 0 Å². The third-order valence-corrected chi connectivity index (χ3v) is 9.19. The van der Waals surface area contributed by atoms with Gasteiger partial charge in [-0.25, -0.2) is 0 Å². The van der Waals surface area contributed by atoms with Gasteiger partial charge in [0, 0.05) is 0 Å². The van der Waals surface area contributed by atoms with Crippen LogP contribution in [0, 0.1) is 0 Å². The highest BCUT2D eigenvalue weighted by atomic mass is 15.3. The summed E-state index contributed by atoms with van der Waals surface area (Å²) in [5, 5.41) is 0. The van der Waals surface area contributed by atoms with E-state index in [0.717, 1.165) is 0 Å². The average molecular weight is 537 g/mol. The second kappa shape index (κ2) is 31.5. The summed E-state index contributed by atoms with van der Waals surface area (Å²) < 4.78 is 1.44. The maximum Gasteiger partial charge on any atom is 0.0786 e. The van der Waals surface area contributed by atoms with Gasteiger partial charge in [0.25, 0.3) is 0 Å². The molecule has 0 saturated carbocycles.